The van der Waals surface area contributed by atoms with Crippen molar-refractivity contribution < 1.29 is 4.79 Å². The lowest BCUT2D eigenvalue weighted by Gasteiger charge is -2.34. The van der Waals surface area contributed by atoms with Crippen molar-refractivity contribution in [3.8, 4) is 22.1 Å². The van der Waals surface area contributed by atoms with E-state index in [1.807, 2.05) is 35.7 Å². The summed E-state index contributed by atoms with van der Waals surface area (Å²) in [7, 11) is 4.24. The van der Waals surface area contributed by atoms with Gasteiger partial charge in [-0.25, -0.2) is 9.97 Å². The van der Waals surface area contributed by atoms with Gasteiger partial charge in [-0.05, 0) is 50.5 Å². The average molecular weight is 423 g/mol. The Morgan fingerprint density at radius 1 is 1.17 bits per heavy atom. The molecular formula is C22H26N6OS. The van der Waals surface area contributed by atoms with Crippen LogP contribution in [0.25, 0.3) is 22.1 Å². The molecule has 0 aliphatic carbocycles. The molecule has 1 N–H and O–H groups in total. The van der Waals surface area contributed by atoms with E-state index in [1.54, 1.807) is 23.6 Å². The quantitative estimate of drug-likeness (QED) is 0.657. The highest BCUT2D eigenvalue weighted by atomic mass is 32.1. The Labute approximate surface area is 180 Å². The Kier molecular flexibility index (Phi) is 6.47. The molecule has 0 spiro atoms. The Morgan fingerprint density at radius 3 is 2.67 bits per heavy atom. The SMILES string of the molecule is CN(C)C1CCN(CC(=O)Nc2cc(-c3ccccn3)nc(-c3cccs3)n2)CC1. The highest BCUT2D eigenvalue weighted by Crippen LogP contribution is 2.26. The van der Waals surface area contributed by atoms with Crippen molar-refractivity contribution in [2.45, 2.75) is 18.9 Å². The molecule has 8 heteroatoms. The number of amides is 1. The largest absolute Gasteiger partial charge is 0.309 e. The summed E-state index contributed by atoms with van der Waals surface area (Å²) >= 11 is 1.57. The van der Waals surface area contributed by atoms with Crippen molar-refractivity contribution in [2.24, 2.45) is 0 Å². The Morgan fingerprint density at radius 2 is 2.00 bits per heavy atom. The summed E-state index contributed by atoms with van der Waals surface area (Å²) in [5.41, 5.74) is 1.44. The van der Waals surface area contributed by atoms with E-state index in [2.05, 4.69) is 44.2 Å². The van der Waals surface area contributed by atoms with Crippen molar-refractivity contribution in [3.05, 3.63) is 48.0 Å². The van der Waals surface area contributed by atoms with Gasteiger partial charge in [0.2, 0.25) is 5.91 Å². The molecule has 0 saturated carbocycles. The summed E-state index contributed by atoms with van der Waals surface area (Å²) in [5.74, 6) is 1.04. The standard InChI is InChI=1S/C22H26N6OS/c1-27(2)16-8-11-28(12-9-16)15-21(29)25-20-14-18(17-6-3-4-10-23-17)24-22(26-20)19-7-5-13-30-19/h3-7,10,13-14,16H,8-9,11-12,15H2,1-2H3,(H,24,25,26,29). The van der Waals surface area contributed by atoms with E-state index in [0.29, 0.717) is 29.9 Å². The monoisotopic (exact) mass is 422 g/mol. The van der Waals surface area contributed by atoms with Gasteiger partial charge in [0.25, 0.3) is 0 Å². The Bertz CT molecular complexity index is 969. The van der Waals surface area contributed by atoms with Crippen molar-refractivity contribution in [1.82, 2.24) is 24.8 Å². The molecule has 3 aromatic rings. The van der Waals surface area contributed by atoms with Gasteiger partial charge in [-0.15, -0.1) is 11.3 Å². The molecule has 156 valence electrons. The summed E-state index contributed by atoms with van der Waals surface area (Å²) in [6.07, 6.45) is 3.90. The van der Waals surface area contributed by atoms with Crippen LogP contribution in [0, 0.1) is 0 Å². The lowest BCUT2D eigenvalue weighted by atomic mass is 10.0. The Hall–Kier alpha value is -2.68. The van der Waals surface area contributed by atoms with Gasteiger partial charge in [0.15, 0.2) is 5.82 Å². The zero-order chi connectivity index (χ0) is 20.9. The average Bonchev–Trinajstić information content (AvgIpc) is 3.29. The van der Waals surface area contributed by atoms with Crippen molar-refractivity contribution >= 4 is 23.1 Å². The first kappa shape index (κ1) is 20.6. The summed E-state index contributed by atoms with van der Waals surface area (Å²) in [4.78, 5) is 31.8. The maximum absolute atomic E-state index is 12.7. The van der Waals surface area contributed by atoms with Crippen LogP contribution in [-0.2, 0) is 4.79 Å². The number of anilines is 1. The summed E-state index contributed by atoms with van der Waals surface area (Å²) in [6.45, 7) is 2.23. The fourth-order valence-corrected chi connectivity index (χ4v) is 4.31. The molecule has 1 aliphatic rings. The van der Waals surface area contributed by atoms with Crippen LogP contribution in [0.1, 0.15) is 12.8 Å². The van der Waals surface area contributed by atoms with Gasteiger partial charge in [-0.2, -0.15) is 0 Å². The number of nitrogens with zero attached hydrogens (tertiary/aromatic N) is 5. The van der Waals surface area contributed by atoms with Gasteiger partial charge in [-0.1, -0.05) is 12.1 Å². The smallest absolute Gasteiger partial charge is 0.239 e. The molecule has 0 aromatic carbocycles. The zero-order valence-corrected chi connectivity index (χ0v) is 18.1. The van der Waals surface area contributed by atoms with Gasteiger partial charge >= 0.3 is 0 Å². The number of piperidine rings is 1. The van der Waals surface area contributed by atoms with Crippen molar-refractivity contribution in [1.29, 1.82) is 0 Å². The molecule has 4 rings (SSSR count). The maximum atomic E-state index is 12.7. The number of thiophene rings is 1. The van der Waals surface area contributed by atoms with E-state index < -0.39 is 0 Å². The van der Waals surface area contributed by atoms with E-state index >= 15 is 0 Å². The van der Waals surface area contributed by atoms with Crippen LogP contribution in [0.3, 0.4) is 0 Å². The molecule has 30 heavy (non-hydrogen) atoms. The normalized spacial score (nSPS) is 15.4. The van der Waals surface area contributed by atoms with Gasteiger partial charge in [-0.3, -0.25) is 14.7 Å². The summed E-state index contributed by atoms with van der Waals surface area (Å²) < 4.78 is 0. The number of nitrogens with one attached hydrogen (secondary N) is 1. The first-order valence-corrected chi connectivity index (χ1v) is 11.0. The molecule has 1 fully saturated rings. The van der Waals surface area contributed by atoms with E-state index in [1.165, 1.54) is 0 Å². The number of carbonyl (C=O) groups is 1. The topological polar surface area (TPSA) is 74.2 Å². The van der Waals surface area contributed by atoms with Crippen LogP contribution in [0.4, 0.5) is 5.82 Å². The predicted molar refractivity (Wildman–Crippen MR) is 120 cm³/mol. The molecular weight excluding hydrogens is 396 g/mol. The predicted octanol–water partition coefficient (Wildman–Crippen LogP) is 3.23. The lowest BCUT2D eigenvalue weighted by Crippen LogP contribution is -2.44. The highest BCUT2D eigenvalue weighted by Gasteiger charge is 2.22. The van der Waals surface area contributed by atoms with Gasteiger partial charge < -0.3 is 10.2 Å². The number of hydrogen-bond donors (Lipinski definition) is 1. The molecule has 7 nitrogen and oxygen atoms in total. The van der Waals surface area contributed by atoms with Crippen LogP contribution in [0.2, 0.25) is 0 Å². The minimum absolute atomic E-state index is 0.0545. The third kappa shape index (κ3) is 5.08. The zero-order valence-electron chi connectivity index (χ0n) is 17.3. The van der Waals surface area contributed by atoms with E-state index in [4.69, 9.17) is 0 Å². The fraction of sp³-hybridized carbons (Fsp3) is 0.364. The van der Waals surface area contributed by atoms with Crippen LogP contribution >= 0.6 is 11.3 Å². The van der Waals surface area contributed by atoms with E-state index in [0.717, 1.165) is 36.5 Å². The molecule has 1 aliphatic heterocycles. The molecule has 0 bridgehead atoms. The maximum Gasteiger partial charge on any atom is 0.239 e. The number of rotatable bonds is 6. The third-order valence-electron chi connectivity index (χ3n) is 5.32. The molecule has 0 radical (unpaired) electrons. The highest BCUT2D eigenvalue weighted by molar-refractivity contribution is 7.13. The molecule has 0 atom stereocenters. The number of pyridine rings is 1. The van der Waals surface area contributed by atoms with Crippen LogP contribution < -0.4 is 5.32 Å². The molecule has 0 unspecified atom stereocenters. The Balaban J connectivity index is 1.49. The number of hydrogen-bond acceptors (Lipinski definition) is 7. The summed E-state index contributed by atoms with van der Waals surface area (Å²) in [5, 5.41) is 4.96. The van der Waals surface area contributed by atoms with E-state index in [-0.39, 0.29) is 5.91 Å². The second-order valence-corrected chi connectivity index (χ2v) is 8.62. The van der Waals surface area contributed by atoms with Gasteiger partial charge in [0, 0.05) is 31.4 Å². The van der Waals surface area contributed by atoms with Gasteiger partial charge in [0.1, 0.15) is 5.82 Å². The second kappa shape index (κ2) is 9.42. The van der Waals surface area contributed by atoms with Crippen LogP contribution in [-0.4, -0.2) is 70.4 Å². The van der Waals surface area contributed by atoms with Crippen LogP contribution in [0.15, 0.2) is 48.0 Å². The van der Waals surface area contributed by atoms with E-state index in [9.17, 15) is 4.79 Å². The van der Waals surface area contributed by atoms with Crippen molar-refractivity contribution in [2.75, 3.05) is 39.0 Å². The number of likely N-dealkylation sites (tertiary alicyclic amines) is 1. The minimum Gasteiger partial charge on any atom is -0.309 e. The number of carbonyl (C=O) groups excluding carboxylic acids is 1. The lowest BCUT2D eigenvalue weighted by molar-refractivity contribution is -0.117. The minimum atomic E-state index is -0.0545. The molecule has 4 heterocycles. The molecule has 1 amide bonds. The van der Waals surface area contributed by atoms with Crippen LogP contribution in [0.5, 0.6) is 0 Å². The molecule has 1 saturated heterocycles. The first-order chi connectivity index (χ1) is 14.6. The third-order valence-corrected chi connectivity index (χ3v) is 6.18. The molecule has 3 aromatic heterocycles. The fourth-order valence-electron chi connectivity index (χ4n) is 3.65. The van der Waals surface area contributed by atoms with Gasteiger partial charge in [0.05, 0.1) is 22.8 Å². The number of aromatic nitrogens is 3. The first-order valence-electron chi connectivity index (χ1n) is 10.1. The summed E-state index contributed by atoms with van der Waals surface area (Å²) in [6, 6.07) is 12.0. The van der Waals surface area contributed by atoms with Crippen molar-refractivity contribution in [3.63, 3.8) is 0 Å². The second-order valence-electron chi connectivity index (χ2n) is 7.67.